The minimum Gasteiger partial charge on any atom is -0.493 e. The van der Waals surface area contributed by atoms with E-state index < -0.39 is 0 Å². The molecular weight excluding hydrogens is 354 g/mol. The molecule has 154 valence electrons. The second kappa shape index (κ2) is 11.3. The number of rotatable bonds is 10. The average molecular weight is 388 g/mol. The predicted molar refractivity (Wildman–Crippen MR) is 112 cm³/mol. The third-order valence-electron chi connectivity index (χ3n) is 4.07. The molecule has 7 nitrogen and oxygen atoms in total. The van der Waals surface area contributed by atoms with Gasteiger partial charge >= 0.3 is 0 Å². The molecule has 0 saturated carbocycles. The van der Waals surface area contributed by atoms with Gasteiger partial charge in [0.15, 0.2) is 11.8 Å². The van der Waals surface area contributed by atoms with Gasteiger partial charge in [-0.1, -0.05) is 38.1 Å². The lowest BCUT2D eigenvalue weighted by atomic mass is 10.1. The van der Waals surface area contributed by atoms with Crippen molar-refractivity contribution in [2.24, 2.45) is 4.99 Å². The number of nitrogens with zero attached hydrogens (tertiary/aromatic N) is 3. The standard InChI is InChI=1S/C21H33N5O2/c1-6-12-27-18-13-16(5)8-9-17(18)14-24-21(22-7-2)23-11-10-19-25-20(15(3)4)26-28-19/h8-9,13,15H,6-7,10-12,14H2,1-5H3,(H2,22,23,24). The zero-order valence-corrected chi connectivity index (χ0v) is 17.7. The molecule has 2 rings (SSSR count). The van der Waals surface area contributed by atoms with Crippen molar-refractivity contribution < 1.29 is 9.26 Å². The first-order valence-electron chi connectivity index (χ1n) is 10.1. The monoisotopic (exact) mass is 387 g/mol. The number of benzene rings is 1. The summed E-state index contributed by atoms with van der Waals surface area (Å²) in [4.78, 5) is 9.09. The van der Waals surface area contributed by atoms with Gasteiger partial charge in [0.05, 0.1) is 13.2 Å². The van der Waals surface area contributed by atoms with Gasteiger partial charge in [-0.2, -0.15) is 4.98 Å². The van der Waals surface area contributed by atoms with Crippen molar-refractivity contribution in [3.8, 4) is 5.75 Å². The molecule has 2 N–H and O–H groups in total. The zero-order chi connectivity index (χ0) is 20.4. The lowest BCUT2D eigenvalue weighted by Gasteiger charge is -2.13. The van der Waals surface area contributed by atoms with Crippen LogP contribution in [0.3, 0.4) is 0 Å². The molecular formula is C21H33N5O2. The van der Waals surface area contributed by atoms with Crippen LogP contribution in [0.25, 0.3) is 0 Å². The van der Waals surface area contributed by atoms with E-state index in [1.165, 1.54) is 5.56 Å². The maximum atomic E-state index is 5.88. The second-order valence-corrected chi connectivity index (χ2v) is 7.03. The van der Waals surface area contributed by atoms with Crippen molar-refractivity contribution in [3.05, 3.63) is 41.0 Å². The molecule has 1 heterocycles. The maximum absolute atomic E-state index is 5.88. The average Bonchev–Trinajstić information content (AvgIpc) is 3.14. The topological polar surface area (TPSA) is 84.6 Å². The third kappa shape index (κ3) is 6.87. The minimum absolute atomic E-state index is 0.267. The number of hydrogen-bond donors (Lipinski definition) is 2. The molecule has 0 fully saturated rings. The lowest BCUT2D eigenvalue weighted by Crippen LogP contribution is -2.38. The van der Waals surface area contributed by atoms with E-state index in [1.54, 1.807) is 0 Å². The van der Waals surface area contributed by atoms with Gasteiger partial charge < -0.3 is 19.9 Å². The fourth-order valence-corrected chi connectivity index (χ4v) is 2.54. The summed E-state index contributed by atoms with van der Waals surface area (Å²) in [7, 11) is 0. The van der Waals surface area contributed by atoms with Crippen molar-refractivity contribution >= 4 is 5.96 Å². The van der Waals surface area contributed by atoms with Crippen LogP contribution in [0.5, 0.6) is 5.75 Å². The lowest BCUT2D eigenvalue weighted by molar-refractivity contribution is 0.314. The minimum atomic E-state index is 0.267. The molecule has 0 radical (unpaired) electrons. The molecule has 0 atom stereocenters. The number of hydrogen-bond acceptors (Lipinski definition) is 5. The fraction of sp³-hybridized carbons (Fsp3) is 0.571. The van der Waals surface area contributed by atoms with Crippen molar-refractivity contribution in [2.75, 3.05) is 19.7 Å². The van der Waals surface area contributed by atoms with Gasteiger partial charge in [-0.05, 0) is 31.9 Å². The zero-order valence-electron chi connectivity index (χ0n) is 17.7. The van der Waals surface area contributed by atoms with Gasteiger partial charge in [0, 0.05) is 31.0 Å². The van der Waals surface area contributed by atoms with E-state index in [0.717, 1.165) is 36.1 Å². The molecule has 1 aromatic heterocycles. The van der Waals surface area contributed by atoms with E-state index in [-0.39, 0.29) is 5.92 Å². The Balaban J connectivity index is 1.96. The molecule has 0 unspecified atom stereocenters. The van der Waals surface area contributed by atoms with Gasteiger partial charge in [0.2, 0.25) is 5.89 Å². The highest BCUT2D eigenvalue weighted by atomic mass is 16.5. The van der Waals surface area contributed by atoms with E-state index in [2.05, 4.69) is 52.8 Å². The Morgan fingerprint density at radius 3 is 2.75 bits per heavy atom. The maximum Gasteiger partial charge on any atom is 0.228 e. The molecule has 0 aliphatic carbocycles. The largest absolute Gasteiger partial charge is 0.493 e. The van der Waals surface area contributed by atoms with Crippen LogP contribution in [-0.4, -0.2) is 35.8 Å². The van der Waals surface area contributed by atoms with E-state index in [9.17, 15) is 0 Å². The summed E-state index contributed by atoms with van der Waals surface area (Å²) in [5.41, 5.74) is 2.26. The van der Waals surface area contributed by atoms with Crippen LogP contribution in [0.4, 0.5) is 0 Å². The van der Waals surface area contributed by atoms with Crippen molar-refractivity contribution in [1.29, 1.82) is 0 Å². The number of aryl methyl sites for hydroxylation is 1. The smallest absolute Gasteiger partial charge is 0.228 e. The Hall–Kier alpha value is -2.57. The molecule has 0 saturated heterocycles. The molecule has 0 aliphatic rings. The Bertz CT molecular complexity index is 755. The van der Waals surface area contributed by atoms with Crippen LogP contribution in [0.15, 0.2) is 27.7 Å². The summed E-state index contributed by atoms with van der Waals surface area (Å²) < 4.78 is 11.2. The molecule has 28 heavy (non-hydrogen) atoms. The van der Waals surface area contributed by atoms with E-state index in [4.69, 9.17) is 14.3 Å². The van der Waals surface area contributed by atoms with Crippen LogP contribution in [0, 0.1) is 6.92 Å². The summed E-state index contributed by atoms with van der Waals surface area (Å²) in [6.45, 7) is 13.0. The molecule has 1 aromatic carbocycles. The van der Waals surface area contributed by atoms with Gasteiger partial charge in [-0.3, -0.25) is 0 Å². The molecule has 7 heteroatoms. The number of nitrogens with one attached hydrogen (secondary N) is 2. The highest BCUT2D eigenvalue weighted by molar-refractivity contribution is 5.79. The summed E-state index contributed by atoms with van der Waals surface area (Å²) in [5, 5.41) is 10.6. The Kier molecular flexibility index (Phi) is 8.78. The third-order valence-corrected chi connectivity index (χ3v) is 4.07. The first-order valence-corrected chi connectivity index (χ1v) is 10.1. The van der Waals surface area contributed by atoms with Crippen molar-refractivity contribution in [3.63, 3.8) is 0 Å². The van der Waals surface area contributed by atoms with Gasteiger partial charge in [0.1, 0.15) is 5.75 Å². The van der Waals surface area contributed by atoms with Crippen molar-refractivity contribution in [1.82, 2.24) is 20.8 Å². The van der Waals surface area contributed by atoms with Gasteiger partial charge in [-0.15, -0.1) is 0 Å². The Morgan fingerprint density at radius 2 is 2.07 bits per heavy atom. The molecule has 0 amide bonds. The van der Waals surface area contributed by atoms with Crippen LogP contribution < -0.4 is 15.4 Å². The van der Waals surface area contributed by atoms with Gasteiger partial charge in [-0.25, -0.2) is 4.99 Å². The van der Waals surface area contributed by atoms with E-state index in [1.807, 2.05) is 20.8 Å². The Labute approximate surface area is 168 Å². The molecule has 0 bridgehead atoms. The number of guanidine groups is 1. The predicted octanol–water partition coefficient (Wildman–Crippen LogP) is 3.59. The summed E-state index contributed by atoms with van der Waals surface area (Å²) >= 11 is 0. The van der Waals surface area contributed by atoms with Crippen LogP contribution in [0.1, 0.15) is 62.9 Å². The van der Waals surface area contributed by atoms with Crippen LogP contribution in [0.2, 0.25) is 0 Å². The molecule has 0 spiro atoms. The van der Waals surface area contributed by atoms with Crippen molar-refractivity contribution in [2.45, 2.75) is 59.9 Å². The first kappa shape index (κ1) is 21.7. The fourth-order valence-electron chi connectivity index (χ4n) is 2.54. The first-order chi connectivity index (χ1) is 13.5. The van der Waals surface area contributed by atoms with Crippen LogP contribution >= 0.6 is 0 Å². The number of aliphatic imine (C=N–C) groups is 1. The number of aromatic nitrogens is 2. The summed E-state index contributed by atoms with van der Waals surface area (Å²) in [6.07, 6.45) is 1.63. The van der Waals surface area contributed by atoms with E-state index >= 15 is 0 Å². The SMILES string of the molecule is CCCOc1cc(C)ccc1CN=C(NCC)NCCc1nc(C(C)C)no1. The quantitative estimate of drug-likeness (QED) is 0.479. The molecule has 2 aromatic rings. The van der Waals surface area contributed by atoms with E-state index in [0.29, 0.717) is 32.0 Å². The highest BCUT2D eigenvalue weighted by Crippen LogP contribution is 2.21. The van der Waals surface area contributed by atoms with Crippen LogP contribution in [-0.2, 0) is 13.0 Å². The van der Waals surface area contributed by atoms with Gasteiger partial charge in [0.25, 0.3) is 0 Å². The highest BCUT2D eigenvalue weighted by Gasteiger charge is 2.10. The Morgan fingerprint density at radius 1 is 1.25 bits per heavy atom. The summed E-state index contributed by atoms with van der Waals surface area (Å²) in [5.74, 6) is 3.32. The normalized spacial score (nSPS) is 11.7. The number of ether oxygens (including phenoxy) is 1. The second-order valence-electron chi connectivity index (χ2n) is 7.03. The molecule has 0 aliphatic heterocycles. The summed E-state index contributed by atoms with van der Waals surface area (Å²) in [6, 6.07) is 6.24.